The van der Waals surface area contributed by atoms with Crippen LogP contribution in [0.2, 0.25) is 0 Å². The Bertz CT molecular complexity index is 2660. The van der Waals surface area contributed by atoms with Gasteiger partial charge in [-0.15, -0.1) is 0 Å². The predicted octanol–water partition coefficient (Wildman–Crippen LogP) is 3.71. The molecule has 24 nitrogen and oxygen atoms in total. The van der Waals surface area contributed by atoms with Gasteiger partial charge in [-0.3, -0.25) is 52.7 Å². The largest absolute Gasteiger partial charge is 0.508 e. The number of hydrogen-bond acceptors (Lipinski definition) is 13. The van der Waals surface area contributed by atoms with E-state index in [0.717, 1.165) is 14.7 Å². The fraction of sp³-hybridized carbons (Fsp3) is 0.682. The van der Waals surface area contributed by atoms with E-state index in [2.05, 4.69) is 22.5 Å². The fourth-order valence-corrected chi connectivity index (χ4v) is 10.6. The highest BCUT2D eigenvalue weighted by atomic mass is 16.3. The van der Waals surface area contributed by atoms with Crippen molar-refractivity contribution in [3.8, 4) is 5.75 Å². The molecule has 1 aromatic carbocycles. The molecular formula is C66H111N11O13. The molecule has 0 fully saturated rings. The third-order valence-corrected chi connectivity index (χ3v) is 16.7. The number of phenols is 1. The van der Waals surface area contributed by atoms with Crippen molar-refractivity contribution in [3.05, 3.63) is 54.1 Å². The number of nitrogens with zero attached hydrogens (tertiary/aromatic N) is 7. The van der Waals surface area contributed by atoms with E-state index in [1.807, 2.05) is 41.5 Å². The first-order valence-electron chi connectivity index (χ1n) is 31.4. The number of aromatic hydroxyl groups is 1. The minimum atomic E-state index is -1.63. The molecule has 7 N–H and O–H groups in total. The van der Waals surface area contributed by atoms with E-state index in [-0.39, 0.29) is 55.1 Å². The van der Waals surface area contributed by atoms with Gasteiger partial charge >= 0.3 is 0 Å². The van der Waals surface area contributed by atoms with Gasteiger partial charge < -0.3 is 66.2 Å². The van der Waals surface area contributed by atoms with Gasteiger partial charge in [0.1, 0.15) is 60.1 Å². The molecule has 24 heteroatoms. The predicted molar refractivity (Wildman–Crippen MR) is 347 cm³/mol. The molecule has 0 heterocycles. The van der Waals surface area contributed by atoms with Gasteiger partial charge in [-0.1, -0.05) is 106 Å². The molecular weight excluding hydrogens is 1150 g/mol. The van der Waals surface area contributed by atoms with Crippen LogP contribution in [0, 0.1) is 35.5 Å². The maximum Gasteiger partial charge on any atom is 0.246 e. The summed E-state index contributed by atoms with van der Waals surface area (Å²) in [4.78, 5) is 164. The molecule has 1 rings (SSSR count). The van der Waals surface area contributed by atoms with Gasteiger partial charge in [-0.25, -0.2) is 0 Å². The molecule has 11 amide bonds. The molecule has 0 aliphatic carbocycles. The summed E-state index contributed by atoms with van der Waals surface area (Å²) in [5.74, 6) is -9.26. The maximum absolute atomic E-state index is 15.2. The molecule has 1 aromatic rings. The zero-order valence-electron chi connectivity index (χ0n) is 58.0. The van der Waals surface area contributed by atoms with Crippen LogP contribution in [0.4, 0.5) is 0 Å². The van der Waals surface area contributed by atoms with Gasteiger partial charge in [0.05, 0.1) is 18.6 Å². The van der Waals surface area contributed by atoms with E-state index in [1.165, 1.54) is 94.9 Å². The minimum absolute atomic E-state index is 0.00998. The van der Waals surface area contributed by atoms with Gasteiger partial charge in [0.2, 0.25) is 65.0 Å². The SMILES string of the molecule is C=C(C)[C@@H](C)C(=O)N(C)[C@@H](CC(C)C)C(=O)N[C@H](C)C(=O)N[C@@H](C)C(=O)N(C)[C@@H](CC(C)C)C(=O)N(C)[C@H](CC(C)C)C(=O)N(C)[C@H](C(=O)N(C)C(C(=O)N[C@@H](CC)C(=O)N(C)CC(=O)N(C)[C@H](Cc1ccc(O)cc1)C(N)=O)[C@@H](O)[C@H](C)C/C=C\C)C(C)C. The second-order valence-corrected chi connectivity index (χ2v) is 26.1. The molecule has 0 radical (unpaired) electrons. The number of carbonyl (C=O) groups excluding carboxylic acids is 11. The first kappa shape index (κ1) is 80.6. The zero-order valence-corrected chi connectivity index (χ0v) is 58.0. The van der Waals surface area contributed by atoms with E-state index >= 15 is 9.59 Å². The van der Waals surface area contributed by atoms with Crippen LogP contribution in [-0.4, -0.2) is 226 Å². The quantitative estimate of drug-likeness (QED) is 0.0523. The van der Waals surface area contributed by atoms with Gasteiger partial charge in [-0.2, -0.15) is 0 Å². The lowest BCUT2D eigenvalue weighted by Gasteiger charge is -2.41. The van der Waals surface area contributed by atoms with Crippen LogP contribution in [0.25, 0.3) is 0 Å². The average molecular weight is 1270 g/mol. The summed E-state index contributed by atoms with van der Waals surface area (Å²) in [5.41, 5.74) is 6.95. The minimum Gasteiger partial charge on any atom is -0.508 e. The Morgan fingerprint density at radius 2 is 1.01 bits per heavy atom. The molecule has 0 aromatic heterocycles. The fourth-order valence-electron chi connectivity index (χ4n) is 10.6. The number of primary amides is 1. The van der Waals surface area contributed by atoms with Crippen LogP contribution in [0.5, 0.6) is 5.75 Å². The van der Waals surface area contributed by atoms with Crippen LogP contribution >= 0.6 is 0 Å². The van der Waals surface area contributed by atoms with Gasteiger partial charge in [-0.05, 0) is 114 Å². The number of aliphatic hydroxyl groups excluding tert-OH is 1. The second-order valence-electron chi connectivity index (χ2n) is 26.1. The summed E-state index contributed by atoms with van der Waals surface area (Å²) >= 11 is 0. The van der Waals surface area contributed by atoms with Crippen molar-refractivity contribution in [1.29, 1.82) is 0 Å². The van der Waals surface area contributed by atoms with Crippen LogP contribution < -0.4 is 21.7 Å². The molecule has 1 unspecified atom stereocenters. The Hall–Kier alpha value is -7.37. The Morgan fingerprint density at radius 3 is 1.47 bits per heavy atom. The number of nitrogens with two attached hydrogens (primary N) is 1. The van der Waals surface area contributed by atoms with Crippen molar-refractivity contribution in [2.45, 2.75) is 203 Å². The molecule has 0 saturated heterocycles. The Kier molecular flexibility index (Phi) is 33.2. The van der Waals surface area contributed by atoms with E-state index in [1.54, 1.807) is 72.8 Å². The van der Waals surface area contributed by atoms with Crippen molar-refractivity contribution in [2.75, 3.05) is 55.9 Å². The number of benzene rings is 1. The van der Waals surface area contributed by atoms with Gasteiger partial charge in [0.15, 0.2) is 0 Å². The molecule has 0 spiro atoms. The molecule has 0 bridgehead atoms. The smallest absolute Gasteiger partial charge is 0.246 e. The van der Waals surface area contributed by atoms with Crippen molar-refractivity contribution in [2.24, 2.45) is 41.2 Å². The first-order chi connectivity index (χ1) is 41.6. The number of phenolic OH excluding ortho intramolecular Hbond substituents is 1. The normalized spacial score (nSPS) is 15.6. The summed E-state index contributed by atoms with van der Waals surface area (Å²) in [6.45, 7) is 29.5. The molecule has 508 valence electrons. The molecule has 0 saturated carbocycles. The molecule has 0 aliphatic heterocycles. The number of allylic oxidation sites excluding steroid dienone is 2. The average Bonchev–Trinajstić information content (AvgIpc) is 0.899. The Balaban J connectivity index is 3.62. The lowest BCUT2D eigenvalue weighted by Crippen LogP contribution is -2.63. The van der Waals surface area contributed by atoms with E-state index in [4.69, 9.17) is 5.73 Å². The number of nitrogens with one attached hydrogen (secondary N) is 3. The van der Waals surface area contributed by atoms with E-state index in [9.17, 15) is 53.4 Å². The third kappa shape index (κ3) is 23.1. The molecule has 12 atom stereocenters. The standard InChI is InChI=1S/C66H111N11O13/c1-24-26-27-42(13)56(80)55(60(84)70-48(25-2)63(87)71(17)36-53(79)72(18)49(57(67)81)35-46-28-30-47(78)31-29-46)77(23)66(90)54(41(11)12)76(22)65(89)52(34-39(7)8)75(21)64(88)51(33-38(5)6)74(20)62(86)45(16)69-58(82)44(15)68-59(83)50(32-37(3)4)73(19)61(85)43(14)40(9)10/h24,26,28-31,37-39,41-45,48-52,54-56,78,80H,9,25,27,32-36H2,1-8,10-23H3,(H2,67,81)(H,68,83)(H,69,82)(H,70,84)/b26-24-/t42-,43-,44-,45+,48+,49-,50+,51+,52-,54+,55?,56+/m1/s1. The lowest BCUT2D eigenvalue weighted by molar-refractivity contribution is -0.157. The summed E-state index contributed by atoms with van der Waals surface area (Å²) < 4.78 is 0. The number of carbonyl (C=O) groups is 11. The van der Waals surface area contributed by atoms with Crippen molar-refractivity contribution < 1.29 is 63.0 Å². The Labute approximate surface area is 536 Å². The summed E-state index contributed by atoms with van der Waals surface area (Å²) in [6, 6.07) is -4.82. The zero-order chi connectivity index (χ0) is 69.7. The number of aliphatic hydroxyl groups is 1. The second kappa shape index (κ2) is 37.1. The summed E-state index contributed by atoms with van der Waals surface area (Å²) in [5, 5.41) is 29.8. The molecule has 90 heavy (non-hydrogen) atoms. The van der Waals surface area contributed by atoms with E-state index in [0.29, 0.717) is 24.0 Å². The highest BCUT2D eigenvalue weighted by Gasteiger charge is 2.45. The van der Waals surface area contributed by atoms with Crippen molar-refractivity contribution >= 4 is 65.0 Å². The van der Waals surface area contributed by atoms with Crippen molar-refractivity contribution in [1.82, 2.24) is 50.2 Å². The van der Waals surface area contributed by atoms with Gasteiger partial charge in [0, 0.05) is 55.8 Å². The monoisotopic (exact) mass is 1270 g/mol. The maximum atomic E-state index is 15.2. The highest BCUT2D eigenvalue weighted by Crippen LogP contribution is 2.26. The van der Waals surface area contributed by atoms with Gasteiger partial charge in [0.25, 0.3) is 0 Å². The van der Waals surface area contributed by atoms with Crippen LogP contribution in [0.1, 0.15) is 142 Å². The molecule has 0 aliphatic rings. The number of hydrogen-bond donors (Lipinski definition) is 6. The Morgan fingerprint density at radius 1 is 0.556 bits per heavy atom. The van der Waals surface area contributed by atoms with Crippen LogP contribution in [0.15, 0.2) is 48.6 Å². The lowest BCUT2D eigenvalue weighted by atomic mass is 9.91. The first-order valence-corrected chi connectivity index (χ1v) is 31.4. The van der Waals surface area contributed by atoms with E-state index < -0.39 is 144 Å². The summed E-state index contributed by atoms with van der Waals surface area (Å²) in [7, 11) is 9.89. The number of rotatable bonds is 36. The summed E-state index contributed by atoms with van der Waals surface area (Å²) in [6.07, 6.45) is 2.97. The number of amides is 11. The van der Waals surface area contributed by atoms with Crippen molar-refractivity contribution in [3.63, 3.8) is 0 Å². The van der Waals surface area contributed by atoms with Crippen LogP contribution in [0.3, 0.4) is 0 Å². The highest BCUT2D eigenvalue weighted by molar-refractivity contribution is 5.99. The topological polar surface area (TPSA) is 313 Å². The third-order valence-electron chi connectivity index (χ3n) is 16.7. The number of likely N-dealkylation sites (N-methyl/N-ethyl adjacent to an activating group) is 7. The van der Waals surface area contributed by atoms with Crippen LogP contribution in [-0.2, 0) is 59.2 Å².